The highest BCUT2D eigenvalue weighted by Crippen LogP contribution is 2.45. The van der Waals surface area contributed by atoms with Gasteiger partial charge in [0.15, 0.2) is 0 Å². The summed E-state index contributed by atoms with van der Waals surface area (Å²) in [4.78, 5) is 4.50. The molecule has 57 heavy (non-hydrogen) atoms. The average molecular weight is 753 g/mol. The zero-order chi connectivity index (χ0) is 38.3. The standard InChI is InChI=1S/C50H36N6S/c51-44-32-38(55(36-17-3-1-4-18-36)46-23-11-15-33-13-7-9-21-39(33)46)26-27-42(44)43-29-28-41(49-50(43)54-57-53-49)35-25-30-48(45(52)31-35)56(37-19-5-2-6-20-37)47-24-12-16-34-14-8-10-22-40(34)47/h1-32H,51-52H2. The SMILES string of the molecule is Nc1cc(N(c2ccccc2)c2cccc3ccccc23)ccc1-c1ccc(-c2ccc(N(c3ccccc3)c3cccc4ccccc34)c(N)c2)c2nsnc12. The van der Waals surface area contributed by atoms with E-state index in [9.17, 15) is 0 Å². The lowest BCUT2D eigenvalue weighted by molar-refractivity contribution is 1.30. The van der Waals surface area contributed by atoms with Gasteiger partial charge in [-0.2, -0.15) is 8.75 Å². The van der Waals surface area contributed by atoms with Gasteiger partial charge in [0.05, 0.1) is 34.5 Å². The van der Waals surface area contributed by atoms with Crippen LogP contribution in [0.3, 0.4) is 0 Å². The summed E-state index contributed by atoms with van der Waals surface area (Å²) in [5.74, 6) is 0. The van der Waals surface area contributed by atoms with Gasteiger partial charge in [-0.25, -0.2) is 0 Å². The van der Waals surface area contributed by atoms with Gasteiger partial charge in [0.2, 0.25) is 0 Å². The molecule has 0 bridgehead atoms. The third kappa shape index (κ3) is 6.07. The number of benzene rings is 9. The van der Waals surface area contributed by atoms with Gasteiger partial charge in [-0.15, -0.1) is 0 Å². The van der Waals surface area contributed by atoms with Crippen LogP contribution in [0.25, 0.3) is 54.8 Å². The zero-order valence-corrected chi connectivity index (χ0v) is 31.6. The Morgan fingerprint density at radius 2 is 0.895 bits per heavy atom. The van der Waals surface area contributed by atoms with Crippen molar-refractivity contribution < 1.29 is 0 Å². The molecule has 9 aromatic carbocycles. The molecular weight excluding hydrogens is 717 g/mol. The molecule has 0 aliphatic rings. The number of nitrogens with zero attached hydrogens (tertiary/aromatic N) is 4. The van der Waals surface area contributed by atoms with Gasteiger partial charge < -0.3 is 21.3 Å². The molecule has 0 atom stereocenters. The van der Waals surface area contributed by atoms with Gasteiger partial charge in [0.1, 0.15) is 11.0 Å². The third-order valence-corrected chi connectivity index (χ3v) is 11.2. The van der Waals surface area contributed by atoms with Crippen molar-refractivity contribution in [3.8, 4) is 22.3 Å². The highest BCUT2D eigenvalue weighted by Gasteiger charge is 2.21. The van der Waals surface area contributed by atoms with E-state index in [0.717, 1.165) is 78.2 Å². The Balaban J connectivity index is 1.04. The number of hydrogen-bond donors (Lipinski definition) is 2. The van der Waals surface area contributed by atoms with Gasteiger partial charge >= 0.3 is 0 Å². The molecule has 0 spiro atoms. The molecule has 1 heterocycles. The number of nitrogen functional groups attached to an aromatic ring is 2. The zero-order valence-electron chi connectivity index (χ0n) is 30.8. The molecule has 10 aromatic rings. The van der Waals surface area contributed by atoms with E-state index in [1.54, 1.807) is 0 Å². The summed E-state index contributed by atoms with van der Waals surface area (Å²) in [7, 11) is 0. The summed E-state index contributed by atoms with van der Waals surface area (Å²) < 4.78 is 9.62. The molecule has 10 rings (SSSR count). The van der Waals surface area contributed by atoms with Gasteiger partial charge in [0, 0.05) is 50.2 Å². The van der Waals surface area contributed by atoms with Crippen molar-refractivity contribution in [3.05, 3.63) is 194 Å². The topological polar surface area (TPSA) is 84.3 Å². The molecule has 1 aromatic heterocycles. The predicted octanol–water partition coefficient (Wildman–Crippen LogP) is 13.4. The van der Waals surface area contributed by atoms with Crippen LogP contribution in [-0.4, -0.2) is 8.75 Å². The Morgan fingerprint density at radius 1 is 0.368 bits per heavy atom. The van der Waals surface area contributed by atoms with Gasteiger partial charge in [-0.05, 0) is 77.0 Å². The summed E-state index contributed by atoms with van der Waals surface area (Å²) in [6, 6.07) is 67.2. The molecular formula is C50H36N6S. The van der Waals surface area contributed by atoms with Gasteiger partial charge in [-0.1, -0.05) is 133 Å². The number of nitrogens with two attached hydrogens (primary N) is 2. The van der Waals surface area contributed by atoms with Crippen LogP contribution >= 0.6 is 11.7 Å². The van der Waals surface area contributed by atoms with Crippen molar-refractivity contribution >= 4 is 89.8 Å². The molecule has 0 saturated heterocycles. The maximum Gasteiger partial charge on any atom is 0.113 e. The maximum absolute atomic E-state index is 7.00. The first-order valence-electron chi connectivity index (χ1n) is 18.8. The Kier molecular flexibility index (Phi) is 8.54. The molecule has 0 aliphatic carbocycles. The van der Waals surface area contributed by atoms with E-state index in [0.29, 0.717) is 11.4 Å². The van der Waals surface area contributed by atoms with Gasteiger partial charge in [-0.3, -0.25) is 0 Å². The van der Waals surface area contributed by atoms with E-state index in [1.807, 2.05) is 18.2 Å². The van der Waals surface area contributed by atoms with Crippen molar-refractivity contribution in [2.24, 2.45) is 0 Å². The van der Waals surface area contributed by atoms with Crippen LogP contribution in [-0.2, 0) is 0 Å². The van der Waals surface area contributed by atoms with Crippen molar-refractivity contribution in [1.29, 1.82) is 0 Å². The fourth-order valence-electron chi connectivity index (χ4n) is 7.97. The average Bonchev–Trinajstić information content (AvgIpc) is 3.76. The first kappa shape index (κ1) is 34.0. The van der Waals surface area contributed by atoms with Crippen LogP contribution in [0.5, 0.6) is 0 Å². The normalized spacial score (nSPS) is 11.3. The lowest BCUT2D eigenvalue weighted by Gasteiger charge is -2.28. The van der Waals surface area contributed by atoms with E-state index < -0.39 is 0 Å². The smallest absolute Gasteiger partial charge is 0.113 e. The highest BCUT2D eigenvalue weighted by molar-refractivity contribution is 7.00. The Morgan fingerprint density at radius 3 is 1.53 bits per heavy atom. The van der Waals surface area contributed by atoms with Crippen molar-refractivity contribution in [2.75, 3.05) is 21.3 Å². The van der Waals surface area contributed by atoms with Crippen LogP contribution in [0, 0.1) is 0 Å². The number of para-hydroxylation sites is 2. The summed E-state index contributed by atoms with van der Waals surface area (Å²) in [5, 5.41) is 4.64. The minimum absolute atomic E-state index is 0.652. The van der Waals surface area contributed by atoms with E-state index >= 15 is 0 Å². The molecule has 272 valence electrons. The molecule has 0 amide bonds. The highest BCUT2D eigenvalue weighted by atomic mass is 32.1. The van der Waals surface area contributed by atoms with Crippen LogP contribution < -0.4 is 21.3 Å². The predicted molar refractivity (Wildman–Crippen MR) is 241 cm³/mol. The van der Waals surface area contributed by atoms with Crippen LogP contribution in [0.1, 0.15) is 0 Å². The first-order chi connectivity index (χ1) is 28.1. The second-order valence-corrected chi connectivity index (χ2v) is 14.5. The number of anilines is 8. The summed E-state index contributed by atoms with van der Waals surface area (Å²) in [6.45, 7) is 0. The quantitative estimate of drug-likeness (QED) is 0.150. The summed E-state index contributed by atoms with van der Waals surface area (Å²) >= 11 is 1.20. The molecule has 7 heteroatoms. The minimum Gasteiger partial charge on any atom is -0.398 e. The Hall–Kier alpha value is -7.48. The molecule has 0 aliphatic heterocycles. The van der Waals surface area contributed by atoms with Crippen LogP contribution in [0.2, 0.25) is 0 Å². The van der Waals surface area contributed by atoms with E-state index in [2.05, 4.69) is 186 Å². The monoisotopic (exact) mass is 752 g/mol. The number of aromatic nitrogens is 2. The Bertz CT molecular complexity index is 3060. The van der Waals surface area contributed by atoms with E-state index in [4.69, 9.17) is 20.2 Å². The third-order valence-electron chi connectivity index (χ3n) is 10.6. The fraction of sp³-hybridized carbons (Fsp3) is 0. The van der Waals surface area contributed by atoms with Crippen molar-refractivity contribution in [3.63, 3.8) is 0 Å². The molecule has 0 saturated carbocycles. The second kappa shape index (κ2) is 14.3. The molecule has 4 N–H and O–H groups in total. The molecule has 0 unspecified atom stereocenters. The van der Waals surface area contributed by atoms with Crippen molar-refractivity contribution in [2.45, 2.75) is 0 Å². The van der Waals surface area contributed by atoms with Gasteiger partial charge in [0.25, 0.3) is 0 Å². The number of fused-ring (bicyclic) bond motifs is 3. The molecule has 0 radical (unpaired) electrons. The second-order valence-electron chi connectivity index (χ2n) is 14.0. The van der Waals surface area contributed by atoms with Crippen molar-refractivity contribution in [1.82, 2.24) is 8.75 Å². The summed E-state index contributed by atoms with van der Waals surface area (Å²) in [5.41, 5.74) is 26.7. The van der Waals surface area contributed by atoms with E-state index in [1.165, 1.54) is 22.5 Å². The largest absolute Gasteiger partial charge is 0.398 e. The fourth-order valence-corrected chi connectivity index (χ4v) is 8.55. The van der Waals surface area contributed by atoms with Crippen LogP contribution in [0.4, 0.5) is 45.5 Å². The van der Waals surface area contributed by atoms with Crippen LogP contribution in [0.15, 0.2) is 194 Å². The van der Waals surface area contributed by atoms with E-state index in [-0.39, 0.29) is 0 Å². The lowest BCUT2D eigenvalue weighted by Crippen LogP contribution is -2.12. The Labute approximate surface area is 334 Å². The number of rotatable bonds is 8. The first-order valence-corrected chi connectivity index (χ1v) is 19.6. The maximum atomic E-state index is 7.00. The molecule has 6 nitrogen and oxygen atoms in total. The minimum atomic E-state index is 0.652. The lowest BCUT2D eigenvalue weighted by atomic mass is 9.96. The molecule has 0 fully saturated rings. The number of hydrogen-bond acceptors (Lipinski definition) is 7. The summed E-state index contributed by atoms with van der Waals surface area (Å²) in [6.07, 6.45) is 0.